The van der Waals surface area contributed by atoms with Crippen molar-refractivity contribution in [1.29, 1.82) is 0 Å². The third-order valence-electron chi connectivity index (χ3n) is 1.31. The molecule has 0 fully saturated rings. The van der Waals surface area contributed by atoms with Gasteiger partial charge in [-0.15, -0.1) is 0 Å². The fraction of sp³-hybridized carbons (Fsp3) is 0.875. The maximum Gasteiger partial charge on any atom is 0.0937 e. The van der Waals surface area contributed by atoms with Gasteiger partial charge in [-0.2, -0.15) is 0 Å². The number of hydrogen-bond donors (Lipinski definition) is 2. The summed E-state index contributed by atoms with van der Waals surface area (Å²) in [5, 5.41) is 3.23. The van der Waals surface area contributed by atoms with E-state index in [-0.39, 0.29) is 6.17 Å². The quantitative estimate of drug-likeness (QED) is 0.420. The van der Waals surface area contributed by atoms with Crippen molar-refractivity contribution in [1.82, 2.24) is 10.2 Å². The SMILES string of the molecule is CC(N)N=CCNCCN(C)C. The summed E-state index contributed by atoms with van der Waals surface area (Å²) in [6, 6.07) is 0. The lowest BCUT2D eigenvalue weighted by atomic mass is 10.5. The van der Waals surface area contributed by atoms with Crippen molar-refractivity contribution in [3.8, 4) is 0 Å². The zero-order valence-corrected chi connectivity index (χ0v) is 8.25. The van der Waals surface area contributed by atoms with E-state index in [1.54, 1.807) is 0 Å². The second-order valence-electron chi connectivity index (χ2n) is 3.08. The molecule has 4 heteroatoms. The summed E-state index contributed by atoms with van der Waals surface area (Å²) in [4.78, 5) is 6.15. The Labute approximate surface area is 74.8 Å². The number of likely N-dealkylation sites (N-methyl/N-ethyl adjacent to an activating group) is 1. The van der Waals surface area contributed by atoms with E-state index in [0.29, 0.717) is 0 Å². The zero-order valence-electron chi connectivity index (χ0n) is 8.25. The highest BCUT2D eigenvalue weighted by Crippen LogP contribution is 1.73. The zero-order chi connectivity index (χ0) is 9.40. The van der Waals surface area contributed by atoms with Gasteiger partial charge in [-0.25, -0.2) is 0 Å². The molecule has 4 nitrogen and oxygen atoms in total. The average molecular weight is 172 g/mol. The molecule has 72 valence electrons. The van der Waals surface area contributed by atoms with Crippen molar-refractivity contribution in [3.05, 3.63) is 0 Å². The van der Waals surface area contributed by atoms with Crippen LogP contribution in [-0.4, -0.2) is 51.0 Å². The molecule has 1 atom stereocenters. The molecular weight excluding hydrogens is 152 g/mol. The fourth-order valence-electron chi connectivity index (χ4n) is 0.688. The summed E-state index contributed by atoms with van der Waals surface area (Å²) in [7, 11) is 4.11. The number of nitrogens with one attached hydrogen (secondary N) is 1. The molecule has 12 heavy (non-hydrogen) atoms. The summed E-state index contributed by atoms with van der Waals surface area (Å²) >= 11 is 0. The van der Waals surface area contributed by atoms with Crippen LogP contribution in [0, 0.1) is 0 Å². The molecule has 0 aromatic rings. The van der Waals surface area contributed by atoms with Gasteiger partial charge in [0.25, 0.3) is 0 Å². The molecule has 0 bridgehead atoms. The second kappa shape index (κ2) is 7.21. The Morgan fingerprint density at radius 2 is 2.25 bits per heavy atom. The van der Waals surface area contributed by atoms with E-state index in [1.807, 2.05) is 13.1 Å². The van der Waals surface area contributed by atoms with E-state index < -0.39 is 0 Å². The minimum Gasteiger partial charge on any atom is -0.310 e. The van der Waals surface area contributed by atoms with Gasteiger partial charge in [0.1, 0.15) is 0 Å². The summed E-state index contributed by atoms with van der Waals surface area (Å²) in [5.41, 5.74) is 5.42. The Balaban J connectivity index is 3.11. The molecule has 0 amide bonds. The summed E-state index contributed by atoms with van der Waals surface area (Å²) < 4.78 is 0. The predicted octanol–water partition coefficient (Wildman–Crippen LogP) is -0.487. The van der Waals surface area contributed by atoms with Gasteiger partial charge in [0.05, 0.1) is 6.17 Å². The van der Waals surface area contributed by atoms with Crippen molar-refractivity contribution < 1.29 is 0 Å². The number of rotatable bonds is 6. The van der Waals surface area contributed by atoms with Gasteiger partial charge in [-0.05, 0) is 21.0 Å². The minimum absolute atomic E-state index is 0.0827. The summed E-state index contributed by atoms with van der Waals surface area (Å²) in [6.07, 6.45) is 1.74. The first kappa shape index (κ1) is 11.6. The number of nitrogens with zero attached hydrogens (tertiary/aromatic N) is 2. The first-order valence-electron chi connectivity index (χ1n) is 4.25. The third kappa shape index (κ3) is 9.55. The smallest absolute Gasteiger partial charge is 0.0937 e. The molecule has 0 spiro atoms. The molecule has 0 saturated heterocycles. The number of hydrogen-bond acceptors (Lipinski definition) is 4. The van der Waals surface area contributed by atoms with Crippen LogP contribution in [0.2, 0.25) is 0 Å². The lowest BCUT2D eigenvalue weighted by molar-refractivity contribution is 0.405. The highest BCUT2D eigenvalue weighted by molar-refractivity contribution is 5.59. The first-order chi connectivity index (χ1) is 5.63. The normalized spacial score (nSPS) is 14.4. The van der Waals surface area contributed by atoms with Crippen LogP contribution in [0.25, 0.3) is 0 Å². The summed E-state index contributed by atoms with van der Waals surface area (Å²) in [6.45, 7) is 4.69. The molecule has 0 aromatic carbocycles. The molecule has 1 unspecified atom stereocenters. The predicted molar refractivity (Wildman–Crippen MR) is 53.6 cm³/mol. The maximum absolute atomic E-state index is 5.42. The van der Waals surface area contributed by atoms with Gasteiger partial charge in [0.2, 0.25) is 0 Å². The molecule has 0 aliphatic rings. The standard InChI is InChI=1S/C8H20N4/c1-8(9)11-5-4-10-6-7-12(2)3/h5,8,10H,4,6-7,9H2,1-3H3. The van der Waals surface area contributed by atoms with Crippen LogP contribution in [0.3, 0.4) is 0 Å². The largest absolute Gasteiger partial charge is 0.310 e. The fourth-order valence-corrected chi connectivity index (χ4v) is 0.688. The van der Waals surface area contributed by atoms with Crippen molar-refractivity contribution >= 4 is 6.21 Å². The van der Waals surface area contributed by atoms with Gasteiger partial charge in [0.15, 0.2) is 0 Å². The topological polar surface area (TPSA) is 53.6 Å². The first-order valence-corrected chi connectivity index (χ1v) is 4.25. The van der Waals surface area contributed by atoms with Crippen molar-refractivity contribution in [2.45, 2.75) is 13.1 Å². The van der Waals surface area contributed by atoms with Crippen LogP contribution in [0.5, 0.6) is 0 Å². The molecule has 0 aliphatic heterocycles. The monoisotopic (exact) mass is 172 g/mol. The lowest BCUT2D eigenvalue weighted by Gasteiger charge is -2.08. The Morgan fingerprint density at radius 3 is 2.75 bits per heavy atom. The number of aliphatic imine (C=N–C) groups is 1. The Bertz CT molecular complexity index is 120. The van der Waals surface area contributed by atoms with Crippen LogP contribution >= 0.6 is 0 Å². The van der Waals surface area contributed by atoms with E-state index in [0.717, 1.165) is 19.6 Å². The van der Waals surface area contributed by atoms with Crippen molar-refractivity contribution in [3.63, 3.8) is 0 Å². The Hall–Kier alpha value is -0.450. The molecule has 0 rings (SSSR count). The van der Waals surface area contributed by atoms with Crippen LogP contribution in [0.1, 0.15) is 6.92 Å². The third-order valence-corrected chi connectivity index (χ3v) is 1.31. The Morgan fingerprint density at radius 1 is 1.58 bits per heavy atom. The van der Waals surface area contributed by atoms with Gasteiger partial charge in [-0.3, -0.25) is 4.99 Å². The van der Waals surface area contributed by atoms with E-state index >= 15 is 0 Å². The van der Waals surface area contributed by atoms with Crippen LogP contribution in [-0.2, 0) is 0 Å². The molecular formula is C8H20N4. The average Bonchev–Trinajstić information content (AvgIpc) is 1.95. The van der Waals surface area contributed by atoms with Crippen LogP contribution < -0.4 is 11.1 Å². The van der Waals surface area contributed by atoms with E-state index in [1.165, 1.54) is 0 Å². The van der Waals surface area contributed by atoms with E-state index in [2.05, 4.69) is 29.3 Å². The van der Waals surface area contributed by atoms with Gasteiger partial charge in [-0.1, -0.05) is 0 Å². The van der Waals surface area contributed by atoms with Crippen molar-refractivity contribution in [2.24, 2.45) is 10.7 Å². The van der Waals surface area contributed by atoms with Gasteiger partial charge in [0, 0.05) is 25.8 Å². The molecule has 0 radical (unpaired) electrons. The van der Waals surface area contributed by atoms with E-state index in [9.17, 15) is 0 Å². The molecule has 0 aromatic heterocycles. The highest BCUT2D eigenvalue weighted by atomic mass is 15.1. The van der Waals surface area contributed by atoms with Gasteiger partial charge < -0.3 is 16.0 Å². The molecule has 3 N–H and O–H groups in total. The summed E-state index contributed by atoms with van der Waals surface area (Å²) in [5.74, 6) is 0. The maximum atomic E-state index is 5.42. The van der Waals surface area contributed by atoms with Crippen LogP contribution in [0.15, 0.2) is 4.99 Å². The molecule has 0 aliphatic carbocycles. The second-order valence-corrected chi connectivity index (χ2v) is 3.08. The van der Waals surface area contributed by atoms with E-state index in [4.69, 9.17) is 5.73 Å². The highest BCUT2D eigenvalue weighted by Gasteiger charge is 1.87. The lowest BCUT2D eigenvalue weighted by Crippen LogP contribution is -2.28. The Kier molecular flexibility index (Phi) is 6.94. The van der Waals surface area contributed by atoms with Gasteiger partial charge >= 0.3 is 0 Å². The van der Waals surface area contributed by atoms with Crippen molar-refractivity contribution in [2.75, 3.05) is 33.7 Å². The number of nitrogens with two attached hydrogens (primary N) is 1. The molecule has 0 heterocycles. The van der Waals surface area contributed by atoms with Crippen LogP contribution in [0.4, 0.5) is 0 Å². The molecule has 0 saturated carbocycles. The minimum atomic E-state index is -0.0827.